The molecule has 0 atom stereocenters. The summed E-state index contributed by atoms with van der Waals surface area (Å²) in [5.74, 6) is -0.728. The Hall–Kier alpha value is -1.62. The van der Waals surface area contributed by atoms with Crippen LogP contribution in [-0.4, -0.2) is 37.0 Å². The molecule has 0 spiro atoms. The fourth-order valence-electron chi connectivity index (χ4n) is 2.73. The smallest absolute Gasteiger partial charge is 0.256 e. The SMILES string of the molecule is Cl.O=C(c1ccc(-c2ccc(Cl)cc2)cc1F)N1CCCNCC1. The van der Waals surface area contributed by atoms with Crippen LogP contribution in [0.15, 0.2) is 42.5 Å². The minimum Gasteiger partial charge on any atom is -0.337 e. The van der Waals surface area contributed by atoms with Gasteiger partial charge in [-0.3, -0.25) is 4.79 Å². The number of carbonyl (C=O) groups is 1. The molecule has 128 valence electrons. The van der Waals surface area contributed by atoms with E-state index in [9.17, 15) is 9.18 Å². The summed E-state index contributed by atoms with van der Waals surface area (Å²) >= 11 is 5.87. The zero-order valence-electron chi connectivity index (χ0n) is 13.1. The molecule has 6 heteroatoms. The standard InChI is InChI=1S/C18H18ClFN2O.ClH/c19-15-5-2-13(3-6-15)14-4-7-16(17(20)12-14)18(23)22-10-1-8-21-9-11-22;/h2-7,12,21H,1,8-11H2;1H. The molecular weight excluding hydrogens is 350 g/mol. The third kappa shape index (κ3) is 4.26. The summed E-state index contributed by atoms with van der Waals surface area (Å²) < 4.78 is 14.4. The Balaban J connectivity index is 0.00000208. The number of carbonyl (C=O) groups excluding carboxylic acids is 1. The van der Waals surface area contributed by atoms with Crippen LogP contribution in [0.25, 0.3) is 11.1 Å². The summed E-state index contributed by atoms with van der Waals surface area (Å²) in [5, 5.41) is 3.87. The van der Waals surface area contributed by atoms with Crippen molar-refractivity contribution in [2.45, 2.75) is 6.42 Å². The van der Waals surface area contributed by atoms with Crippen LogP contribution in [0.3, 0.4) is 0 Å². The molecule has 1 aliphatic rings. The first-order valence-corrected chi connectivity index (χ1v) is 8.08. The van der Waals surface area contributed by atoms with Crippen molar-refractivity contribution < 1.29 is 9.18 Å². The molecule has 3 nitrogen and oxygen atoms in total. The van der Waals surface area contributed by atoms with E-state index in [4.69, 9.17) is 11.6 Å². The minimum absolute atomic E-state index is 0. The summed E-state index contributed by atoms with van der Waals surface area (Å²) in [6.07, 6.45) is 0.885. The van der Waals surface area contributed by atoms with Gasteiger partial charge in [0.15, 0.2) is 0 Å². The lowest BCUT2D eigenvalue weighted by atomic mass is 10.0. The molecule has 0 unspecified atom stereocenters. The van der Waals surface area contributed by atoms with Gasteiger partial charge in [0.05, 0.1) is 5.56 Å². The quantitative estimate of drug-likeness (QED) is 0.868. The van der Waals surface area contributed by atoms with Crippen molar-refractivity contribution in [3.63, 3.8) is 0 Å². The van der Waals surface area contributed by atoms with E-state index >= 15 is 0 Å². The Bertz CT molecular complexity index is 699. The van der Waals surface area contributed by atoms with Crippen molar-refractivity contribution >= 4 is 29.9 Å². The second-order valence-corrected chi connectivity index (χ2v) is 6.03. The topological polar surface area (TPSA) is 32.3 Å². The molecule has 2 aromatic rings. The second-order valence-electron chi connectivity index (χ2n) is 5.60. The number of hydrogen-bond acceptors (Lipinski definition) is 2. The zero-order valence-corrected chi connectivity index (χ0v) is 14.7. The van der Waals surface area contributed by atoms with E-state index in [1.54, 1.807) is 29.2 Å². The van der Waals surface area contributed by atoms with Gasteiger partial charge in [-0.1, -0.05) is 29.8 Å². The summed E-state index contributed by atoms with van der Waals surface area (Å²) in [4.78, 5) is 14.2. The molecule has 0 saturated carbocycles. The Kier molecular flexibility index (Phi) is 6.60. The number of amides is 1. The van der Waals surface area contributed by atoms with Crippen LogP contribution in [0.5, 0.6) is 0 Å². The molecular formula is C18H19Cl2FN2O. The van der Waals surface area contributed by atoms with E-state index < -0.39 is 5.82 Å². The third-order valence-electron chi connectivity index (χ3n) is 4.00. The van der Waals surface area contributed by atoms with Gasteiger partial charge in [-0.25, -0.2) is 4.39 Å². The Morgan fingerprint density at radius 2 is 1.75 bits per heavy atom. The number of benzene rings is 2. The lowest BCUT2D eigenvalue weighted by Gasteiger charge is -2.20. The van der Waals surface area contributed by atoms with Gasteiger partial charge < -0.3 is 10.2 Å². The lowest BCUT2D eigenvalue weighted by molar-refractivity contribution is 0.0761. The van der Waals surface area contributed by atoms with Gasteiger partial charge in [0.2, 0.25) is 0 Å². The van der Waals surface area contributed by atoms with E-state index in [0.717, 1.165) is 30.6 Å². The summed E-state index contributed by atoms with van der Waals surface area (Å²) in [5.41, 5.74) is 1.73. The molecule has 0 radical (unpaired) electrons. The van der Waals surface area contributed by atoms with Gasteiger partial charge in [-0.15, -0.1) is 12.4 Å². The number of nitrogens with zero attached hydrogens (tertiary/aromatic N) is 1. The van der Waals surface area contributed by atoms with Gasteiger partial charge in [0, 0.05) is 24.7 Å². The highest BCUT2D eigenvalue weighted by Crippen LogP contribution is 2.24. The molecule has 0 aromatic heterocycles. The van der Waals surface area contributed by atoms with E-state index in [0.29, 0.717) is 18.1 Å². The molecule has 1 aliphatic heterocycles. The average molecular weight is 369 g/mol. The van der Waals surface area contributed by atoms with E-state index in [1.165, 1.54) is 6.07 Å². The second kappa shape index (κ2) is 8.47. The van der Waals surface area contributed by atoms with E-state index in [1.807, 2.05) is 12.1 Å². The monoisotopic (exact) mass is 368 g/mol. The Labute approximate surface area is 152 Å². The van der Waals surface area contributed by atoms with Crippen molar-refractivity contribution in [3.8, 4) is 11.1 Å². The Morgan fingerprint density at radius 1 is 1.04 bits per heavy atom. The summed E-state index contributed by atoms with van der Waals surface area (Å²) in [6, 6.07) is 11.9. The van der Waals surface area contributed by atoms with Crippen molar-refractivity contribution in [1.82, 2.24) is 10.2 Å². The Morgan fingerprint density at radius 3 is 2.46 bits per heavy atom. The van der Waals surface area contributed by atoms with E-state index in [2.05, 4.69) is 5.32 Å². The van der Waals surface area contributed by atoms with Gasteiger partial charge in [-0.05, 0) is 48.4 Å². The van der Waals surface area contributed by atoms with Crippen LogP contribution < -0.4 is 5.32 Å². The molecule has 0 aliphatic carbocycles. The fourth-order valence-corrected chi connectivity index (χ4v) is 2.86. The van der Waals surface area contributed by atoms with Crippen LogP contribution in [-0.2, 0) is 0 Å². The van der Waals surface area contributed by atoms with Crippen molar-refractivity contribution in [2.24, 2.45) is 0 Å². The van der Waals surface area contributed by atoms with Gasteiger partial charge in [0.1, 0.15) is 5.82 Å². The molecule has 1 saturated heterocycles. The predicted octanol–water partition coefficient (Wildman–Crippen LogP) is 4.00. The maximum absolute atomic E-state index is 14.4. The molecule has 1 heterocycles. The molecule has 0 bridgehead atoms. The van der Waals surface area contributed by atoms with Crippen LogP contribution in [0.4, 0.5) is 4.39 Å². The highest BCUT2D eigenvalue weighted by Gasteiger charge is 2.20. The maximum Gasteiger partial charge on any atom is 0.256 e. The van der Waals surface area contributed by atoms with Gasteiger partial charge in [-0.2, -0.15) is 0 Å². The molecule has 1 amide bonds. The third-order valence-corrected chi connectivity index (χ3v) is 4.26. The minimum atomic E-state index is -0.486. The highest BCUT2D eigenvalue weighted by atomic mass is 35.5. The maximum atomic E-state index is 14.4. The number of nitrogens with one attached hydrogen (secondary N) is 1. The highest BCUT2D eigenvalue weighted by molar-refractivity contribution is 6.30. The molecule has 3 rings (SSSR count). The van der Waals surface area contributed by atoms with Crippen LogP contribution in [0, 0.1) is 5.82 Å². The molecule has 1 fully saturated rings. The summed E-state index contributed by atoms with van der Waals surface area (Å²) in [7, 11) is 0. The molecule has 24 heavy (non-hydrogen) atoms. The predicted molar refractivity (Wildman–Crippen MR) is 97.5 cm³/mol. The van der Waals surface area contributed by atoms with Crippen molar-refractivity contribution in [2.75, 3.05) is 26.2 Å². The number of hydrogen-bond donors (Lipinski definition) is 1. The van der Waals surface area contributed by atoms with Crippen LogP contribution in [0.2, 0.25) is 5.02 Å². The fraction of sp³-hybridized carbons (Fsp3) is 0.278. The first-order chi connectivity index (χ1) is 11.1. The van der Waals surface area contributed by atoms with Crippen molar-refractivity contribution in [1.29, 1.82) is 0 Å². The van der Waals surface area contributed by atoms with E-state index in [-0.39, 0.29) is 23.9 Å². The van der Waals surface area contributed by atoms with Crippen LogP contribution in [0.1, 0.15) is 16.8 Å². The average Bonchev–Trinajstić information content (AvgIpc) is 2.84. The summed E-state index contributed by atoms with van der Waals surface area (Å²) in [6.45, 7) is 2.90. The number of rotatable bonds is 2. The van der Waals surface area contributed by atoms with Crippen molar-refractivity contribution in [3.05, 3.63) is 58.9 Å². The van der Waals surface area contributed by atoms with Crippen LogP contribution >= 0.6 is 24.0 Å². The molecule has 2 aromatic carbocycles. The van der Waals surface area contributed by atoms with Gasteiger partial charge in [0.25, 0.3) is 5.91 Å². The largest absolute Gasteiger partial charge is 0.337 e. The lowest BCUT2D eigenvalue weighted by Crippen LogP contribution is -2.34. The number of halogens is 3. The first-order valence-electron chi connectivity index (χ1n) is 7.70. The normalized spacial score (nSPS) is 14.7. The zero-order chi connectivity index (χ0) is 16.2. The van der Waals surface area contributed by atoms with Gasteiger partial charge >= 0.3 is 0 Å². The first kappa shape index (κ1) is 18.7. The molecule has 1 N–H and O–H groups in total.